The van der Waals surface area contributed by atoms with Gasteiger partial charge in [0.2, 0.25) is 0 Å². The molecule has 0 radical (unpaired) electrons. The second kappa shape index (κ2) is 5.60. The Labute approximate surface area is 125 Å². The highest BCUT2D eigenvalue weighted by atomic mass is 35.5. The van der Waals surface area contributed by atoms with Gasteiger partial charge in [0.1, 0.15) is 11.9 Å². The largest absolute Gasteiger partial charge is 0.397 e. The lowest BCUT2D eigenvalue weighted by atomic mass is 10.2. The maximum Gasteiger partial charge on any atom is 0.262 e. The third kappa shape index (κ3) is 3.24. The second-order valence-corrected chi connectivity index (χ2v) is 6.18. The highest BCUT2D eigenvalue weighted by Gasteiger charge is 2.17. The van der Waals surface area contributed by atoms with E-state index < -0.39 is 15.8 Å². The van der Waals surface area contributed by atoms with E-state index in [9.17, 15) is 12.8 Å². The minimum atomic E-state index is -3.94. The van der Waals surface area contributed by atoms with Gasteiger partial charge in [-0.25, -0.2) is 12.8 Å². The molecule has 0 aliphatic rings. The summed E-state index contributed by atoms with van der Waals surface area (Å²) in [6.45, 7) is 0. The number of sulfonamides is 1. The van der Waals surface area contributed by atoms with Crippen LogP contribution in [0.4, 0.5) is 15.8 Å². The van der Waals surface area contributed by atoms with Crippen LogP contribution in [0.15, 0.2) is 41.3 Å². The van der Waals surface area contributed by atoms with E-state index in [0.717, 1.165) is 18.2 Å². The molecule has 0 saturated carbocycles. The Morgan fingerprint density at radius 1 is 1.24 bits per heavy atom. The van der Waals surface area contributed by atoms with Crippen LogP contribution >= 0.6 is 11.6 Å². The molecule has 2 aromatic rings. The Hall–Kier alpha value is -2.30. The summed E-state index contributed by atoms with van der Waals surface area (Å²) in [7, 11) is -3.94. The molecule has 0 amide bonds. The topological polar surface area (TPSA) is 96.0 Å². The maximum atomic E-state index is 12.9. The van der Waals surface area contributed by atoms with Crippen molar-refractivity contribution >= 4 is 33.0 Å². The Morgan fingerprint density at radius 3 is 2.52 bits per heavy atom. The molecule has 0 aromatic heterocycles. The zero-order valence-electron chi connectivity index (χ0n) is 10.5. The average Bonchev–Trinajstić information content (AvgIpc) is 2.42. The quantitative estimate of drug-likeness (QED) is 0.848. The van der Waals surface area contributed by atoms with Crippen molar-refractivity contribution in [1.82, 2.24) is 0 Å². The van der Waals surface area contributed by atoms with Crippen molar-refractivity contribution in [2.24, 2.45) is 0 Å². The predicted octanol–water partition coefficient (Wildman–Crippen LogP) is 2.73. The lowest BCUT2D eigenvalue weighted by Gasteiger charge is -2.10. The van der Waals surface area contributed by atoms with Gasteiger partial charge in [-0.2, -0.15) is 5.26 Å². The first-order valence-corrected chi connectivity index (χ1v) is 7.47. The fraction of sp³-hybridized carbons (Fsp3) is 0. The van der Waals surface area contributed by atoms with Crippen LogP contribution in [0.3, 0.4) is 0 Å². The second-order valence-electron chi connectivity index (χ2n) is 4.09. The number of nitriles is 1. The van der Waals surface area contributed by atoms with E-state index >= 15 is 0 Å². The van der Waals surface area contributed by atoms with Gasteiger partial charge in [0.05, 0.1) is 26.9 Å². The lowest BCUT2D eigenvalue weighted by molar-refractivity contribution is 0.601. The summed E-state index contributed by atoms with van der Waals surface area (Å²) in [4.78, 5) is -0.129. The van der Waals surface area contributed by atoms with Crippen LogP contribution in [0, 0.1) is 17.1 Å². The number of nitrogens with zero attached hydrogens (tertiary/aromatic N) is 1. The summed E-state index contributed by atoms with van der Waals surface area (Å²) in [6.07, 6.45) is 0. The van der Waals surface area contributed by atoms with Gasteiger partial charge in [0.15, 0.2) is 0 Å². The van der Waals surface area contributed by atoms with Crippen molar-refractivity contribution < 1.29 is 12.8 Å². The molecule has 0 saturated heterocycles. The van der Waals surface area contributed by atoms with Crippen molar-refractivity contribution in [3.05, 3.63) is 52.8 Å². The van der Waals surface area contributed by atoms with Crippen LogP contribution in [-0.2, 0) is 10.0 Å². The monoisotopic (exact) mass is 325 g/mol. The molecule has 0 unspecified atom stereocenters. The number of rotatable bonds is 3. The van der Waals surface area contributed by atoms with Crippen molar-refractivity contribution in [3.63, 3.8) is 0 Å². The molecule has 108 valence electrons. The van der Waals surface area contributed by atoms with Crippen LogP contribution in [0.2, 0.25) is 5.02 Å². The van der Waals surface area contributed by atoms with E-state index in [-0.39, 0.29) is 26.9 Å². The van der Waals surface area contributed by atoms with Gasteiger partial charge in [-0.1, -0.05) is 11.6 Å². The highest BCUT2D eigenvalue weighted by molar-refractivity contribution is 7.92. The number of hydrogen-bond donors (Lipinski definition) is 2. The molecule has 0 fully saturated rings. The van der Waals surface area contributed by atoms with E-state index in [2.05, 4.69) is 4.72 Å². The van der Waals surface area contributed by atoms with Crippen molar-refractivity contribution in [2.45, 2.75) is 4.90 Å². The number of hydrogen-bond acceptors (Lipinski definition) is 4. The van der Waals surface area contributed by atoms with Gasteiger partial charge < -0.3 is 5.73 Å². The van der Waals surface area contributed by atoms with Crippen LogP contribution in [0.1, 0.15) is 5.56 Å². The molecule has 8 heteroatoms. The minimum absolute atomic E-state index is 0.0208. The van der Waals surface area contributed by atoms with Crippen molar-refractivity contribution in [3.8, 4) is 6.07 Å². The molecule has 0 heterocycles. The molecule has 0 atom stereocenters. The zero-order chi connectivity index (χ0) is 15.6. The molecule has 2 aromatic carbocycles. The number of anilines is 2. The van der Waals surface area contributed by atoms with E-state index in [1.54, 1.807) is 0 Å². The first-order chi connectivity index (χ1) is 9.83. The fourth-order valence-electron chi connectivity index (χ4n) is 1.58. The van der Waals surface area contributed by atoms with Crippen molar-refractivity contribution in [2.75, 3.05) is 10.5 Å². The lowest BCUT2D eigenvalue weighted by Crippen LogP contribution is -2.14. The van der Waals surface area contributed by atoms with E-state index in [1.165, 1.54) is 18.2 Å². The molecule has 0 spiro atoms. The molecule has 21 heavy (non-hydrogen) atoms. The third-order valence-electron chi connectivity index (χ3n) is 2.63. The number of nitrogens with one attached hydrogen (secondary N) is 1. The average molecular weight is 326 g/mol. The van der Waals surface area contributed by atoms with Gasteiger partial charge in [0.25, 0.3) is 10.0 Å². The molecular formula is C13H9ClFN3O2S. The van der Waals surface area contributed by atoms with Gasteiger partial charge in [-0.05, 0) is 36.4 Å². The summed E-state index contributed by atoms with van der Waals surface area (Å²) >= 11 is 5.80. The summed E-state index contributed by atoms with van der Waals surface area (Å²) in [6, 6.07) is 8.83. The van der Waals surface area contributed by atoms with E-state index in [0.29, 0.717) is 0 Å². The number of nitrogen functional groups attached to an aromatic ring is 1. The molecule has 0 bridgehead atoms. The van der Waals surface area contributed by atoms with E-state index in [4.69, 9.17) is 22.6 Å². The first-order valence-electron chi connectivity index (χ1n) is 5.61. The van der Waals surface area contributed by atoms with Crippen LogP contribution in [-0.4, -0.2) is 8.42 Å². The molecule has 3 N–H and O–H groups in total. The maximum absolute atomic E-state index is 12.9. The molecule has 2 rings (SSSR count). The van der Waals surface area contributed by atoms with Gasteiger partial charge >= 0.3 is 0 Å². The first kappa shape index (κ1) is 15.1. The van der Waals surface area contributed by atoms with Gasteiger partial charge in [-0.15, -0.1) is 0 Å². The van der Waals surface area contributed by atoms with E-state index in [1.807, 2.05) is 6.07 Å². The smallest absolute Gasteiger partial charge is 0.262 e. The summed E-state index contributed by atoms with van der Waals surface area (Å²) in [5.41, 5.74) is 5.72. The van der Waals surface area contributed by atoms with Crippen LogP contribution in [0.5, 0.6) is 0 Å². The van der Waals surface area contributed by atoms with Crippen molar-refractivity contribution in [1.29, 1.82) is 5.26 Å². The van der Waals surface area contributed by atoms with Crippen LogP contribution < -0.4 is 10.5 Å². The summed E-state index contributed by atoms with van der Waals surface area (Å²) in [5.74, 6) is -0.572. The highest BCUT2D eigenvalue weighted by Crippen LogP contribution is 2.25. The SMILES string of the molecule is N#Cc1ccc(S(=O)(=O)Nc2ccc(F)cc2N)cc1Cl. The van der Waals surface area contributed by atoms with Gasteiger partial charge in [-0.3, -0.25) is 4.72 Å². The number of nitrogens with two attached hydrogens (primary N) is 1. The number of benzene rings is 2. The molecule has 0 aliphatic carbocycles. The standard InChI is InChI=1S/C13H9ClFN3O2S/c14-11-6-10(3-1-8(11)7-16)21(19,20)18-13-4-2-9(15)5-12(13)17/h1-6,18H,17H2. The Balaban J connectivity index is 2.39. The fourth-order valence-corrected chi connectivity index (χ4v) is 2.98. The normalized spacial score (nSPS) is 10.9. The Morgan fingerprint density at radius 2 is 1.95 bits per heavy atom. The van der Waals surface area contributed by atoms with Crippen LogP contribution in [0.25, 0.3) is 0 Å². The Bertz CT molecular complexity index is 847. The molecule has 5 nitrogen and oxygen atoms in total. The number of halogens is 2. The minimum Gasteiger partial charge on any atom is -0.397 e. The third-order valence-corrected chi connectivity index (χ3v) is 4.31. The van der Waals surface area contributed by atoms with Gasteiger partial charge in [0, 0.05) is 0 Å². The Kier molecular flexibility index (Phi) is 4.02. The molecular weight excluding hydrogens is 317 g/mol. The predicted molar refractivity (Wildman–Crippen MR) is 77.8 cm³/mol. The molecule has 0 aliphatic heterocycles. The summed E-state index contributed by atoms with van der Waals surface area (Å²) < 4.78 is 39.5. The summed E-state index contributed by atoms with van der Waals surface area (Å²) in [5, 5.41) is 8.78. The zero-order valence-corrected chi connectivity index (χ0v) is 12.0.